The van der Waals surface area contributed by atoms with Gasteiger partial charge in [-0.2, -0.15) is 0 Å². The minimum Gasteiger partial charge on any atom is -0.481 e. The Labute approximate surface area is 145 Å². The Hall–Kier alpha value is -3.02. The molecule has 0 bridgehead atoms. The van der Waals surface area contributed by atoms with Crippen LogP contribution in [0, 0.1) is 12.8 Å². The SMILES string of the molecule is Cc1cccc(CC(CNC(=O)c2ccc3c(c2)OCO3)C(=O)O)c1. The number of aryl methyl sites for hydroxylation is 1. The van der Waals surface area contributed by atoms with Gasteiger partial charge in [-0.05, 0) is 37.1 Å². The van der Waals surface area contributed by atoms with Crippen molar-refractivity contribution in [1.29, 1.82) is 0 Å². The molecule has 0 saturated carbocycles. The van der Waals surface area contributed by atoms with Gasteiger partial charge in [-0.15, -0.1) is 0 Å². The molecule has 6 nitrogen and oxygen atoms in total. The van der Waals surface area contributed by atoms with Crippen molar-refractivity contribution in [2.45, 2.75) is 13.3 Å². The molecule has 2 N–H and O–H groups in total. The van der Waals surface area contributed by atoms with Gasteiger partial charge in [0.2, 0.25) is 6.79 Å². The van der Waals surface area contributed by atoms with Crippen LogP contribution in [0.2, 0.25) is 0 Å². The monoisotopic (exact) mass is 341 g/mol. The minimum absolute atomic E-state index is 0.0521. The number of ether oxygens (including phenoxy) is 2. The van der Waals surface area contributed by atoms with Crippen LogP contribution in [-0.2, 0) is 11.2 Å². The van der Waals surface area contributed by atoms with E-state index in [9.17, 15) is 14.7 Å². The highest BCUT2D eigenvalue weighted by Crippen LogP contribution is 2.32. The lowest BCUT2D eigenvalue weighted by Crippen LogP contribution is -2.34. The molecule has 0 fully saturated rings. The van der Waals surface area contributed by atoms with Crippen LogP contribution >= 0.6 is 0 Å². The van der Waals surface area contributed by atoms with Crippen LogP contribution in [0.25, 0.3) is 0 Å². The number of aliphatic carboxylic acids is 1. The topological polar surface area (TPSA) is 84.9 Å². The van der Waals surface area contributed by atoms with Gasteiger partial charge < -0.3 is 19.9 Å². The van der Waals surface area contributed by atoms with Crippen LogP contribution < -0.4 is 14.8 Å². The second-order valence-corrected chi connectivity index (χ2v) is 6.01. The lowest BCUT2D eigenvalue weighted by molar-refractivity contribution is -0.141. The van der Waals surface area contributed by atoms with Crippen LogP contribution in [0.5, 0.6) is 11.5 Å². The van der Waals surface area contributed by atoms with Crippen molar-refractivity contribution in [2.24, 2.45) is 5.92 Å². The second-order valence-electron chi connectivity index (χ2n) is 6.01. The van der Waals surface area contributed by atoms with Gasteiger partial charge in [0.1, 0.15) is 0 Å². The number of amides is 1. The van der Waals surface area contributed by atoms with E-state index < -0.39 is 11.9 Å². The van der Waals surface area contributed by atoms with Gasteiger partial charge in [-0.1, -0.05) is 29.8 Å². The molecule has 6 heteroatoms. The molecule has 3 rings (SSSR count). The third-order valence-corrected chi connectivity index (χ3v) is 4.06. The summed E-state index contributed by atoms with van der Waals surface area (Å²) in [6.45, 7) is 2.15. The van der Waals surface area contributed by atoms with Crippen molar-refractivity contribution in [2.75, 3.05) is 13.3 Å². The van der Waals surface area contributed by atoms with Gasteiger partial charge >= 0.3 is 5.97 Å². The first-order valence-electron chi connectivity index (χ1n) is 7.99. The summed E-state index contributed by atoms with van der Waals surface area (Å²) in [5, 5.41) is 12.1. The fraction of sp³-hybridized carbons (Fsp3) is 0.263. The molecule has 1 unspecified atom stereocenters. The molecule has 0 aromatic heterocycles. The molecule has 1 atom stereocenters. The van der Waals surface area contributed by atoms with Gasteiger partial charge in [0, 0.05) is 12.1 Å². The van der Waals surface area contributed by atoms with Crippen molar-refractivity contribution in [3.63, 3.8) is 0 Å². The molecule has 0 saturated heterocycles. The van der Waals surface area contributed by atoms with E-state index in [-0.39, 0.29) is 19.2 Å². The molecule has 0 spiro atoms. The second kappa shape index (κ2) is 7.25. The van der Waals surface area contributed by atoms with Crippen molar-refractivity contribution in [3.8, 4) is 11.5 Å². The standard InChI is InChI=1S/C19H19NO5/c1-12-3-2-4-13(7-12)8-15(19(22)23)10-20-18(21)14-5-6-16-17(9-14)25-11-24-16/h2-7,9,15H,8,10-11H2,1H3,(H,20,21)(H,22,23). The van der Waals surface area contributed by atoms with Gasteiger partial charge in [0.25, 0.3) is 5.91 Å². The molecular formula is C19H19NO5. The summed E-state index contributed by atoms with van der Waals surface area (Å²) >= 11 is 0. The summed E-state index contributed by atoms with van der Waals surface area (Å²) in [5.74, 6) is -0.859. The Kier molecular flexibility index (Phi) is 4.88. The lowest BCUT2D eigenvalue weighted by Gasteiger charge is -2.14. The van der Waals surface area contributed by atoms with E-state index in [1.165, 1.54) is 0 Å². The summed E-state index contributed by atoms with van der Waals surface area (Å²) in [5.41, 5.74) is 2.42. The van der Waals surface area contributed by atoms with E-state index in [1.54, 1.807) is 18.2 Å². The van der Waals surface area contributed by atoms with Crippen molar-refractivity contribution < 1.29 is 24.2 Å². The third-order valence-electron chi connectivity index (χ3n) is 4.06. The number of hydrogen-bond donors (Lipinski definition) is 2. The quantitative estimate of drug-likeness (QED) is 0.843. The van der Waals surface area contributed by atoms with Crippen LogP contribution in [0.1, 0.15) is 21.5 Å². The summed E-state index contributed by atoms with van der Waals surface area (Å²) in [4.78, 5) is 23.8. The van der Waals surface area contributed by atoms with Gasteiger partial charge in [-0.25, -0.2) is 0 Å². The first-order chi connectivity index (χ1) is 12.0. The molecule has 0 radical (unpaired) electrons. The largest absolute Gasteiger partial charge is 0.481 e. The zero-order chi connectivity index (χ0) is 17.8. The van der Waals surface area contributed by atoms with Crippen molar-refractivity contribution in [3.05, 3.63) is 59.2 Å². The number of carbonyl (C=O) groups is 2. The summed E-state index contributed by atoms with van der Waals surface area (Å²) in [6.07, 6.45) is 0.360. The summed E-state index contributed by atoms with van der Waals surface area (Å²) < 4.78 is 10.5. The van der Waals surface area contributed by atoms with E-state index >= 15 is 0 Å². The fourth-order valence-corrected chi connectivity index (χ4v) is 2.73. The Balaban J connectivity index is 1.63. The van der Waals surface area contributed by atoms with Gasteiger partial charge in [-0.3, -0.25) is 9.59 Å². The van der Waals surface area contributed by atoms with E-state index in [2.05, 4.69) is 5.32 Å². The lowest BCUT2D eigenvalue weighted by atomic mass is 9.98. The molecule has 2 aromatic rings. The molecule has 1 aliphatic rings. The Morgan fingerprint density at radius 1 is 1.16 bits per heavy atom. The first kappa shape index (κ1) is 16.8. The van der Waals surface area contributed by atoms with Gasteiger partial charge in [0.15, 0.2) is 11.5 Å². The number of fused-ring (bicyclic) bond motifs is 1. The molecular weight excluding hydrogens is 322 g/mol. The number of carbonyl (C=O) groups excluding carboxylic acids is 1. The average Bonchev–Trinajstić information content (AvgIpc) is 3.05. The molecule has 130 valence electrons. The summed E-state index contributed by atoms with van der Waals surface area (Å²) in [6, 6.07) is 12.6. The molecule has 25 heavy (non-hydrogen) atoms. The maximum Gasteiger partial charge on any atom is 0.308 e. The molecule has 1 amide bonds. The Morgan fingerprint density at radius 2 is 1.96 bits per heavy atom. The van der Waals surface area contributed by atoms with Gasteiger partial charge in [0.05, 0.1) is 5.92 Å². The summed E-state index contributed by atoms with van der Waals surface area (Å²) in [7, 11) is 0. The predicted molar refractivity (Wildman–Crippen MR) is 90.9 cm³/mol. The fourth-order valence-electron chi connectivity index (χ4n) is 2.73. The predicted octanol–water partition coefficient (Wildman–Crippen LogP) is 2.40. The van der Waals surface area contributed by atoms with Crippen LogP contribution in [0.3, 0.4) is 0 Å². The molecule has 2 aromatic carbocycles. The maximum atomic E-state index is 12.3. The van der Waals surface area contributed by atoms with Crippen molar-refractivity contribution in [1.82, 2.24) is 5.32 Å². The Bertz CT molecular complexity index is 802. The third kappa shape index (κ3) is 4.09. The first-order valence-corrected chi connectivity index (χ1v) is 7.99. The van der Waals surface area contributed by atoms with Crippen LogP contribution in [0.15, 0.2) is 42.5 Å². The zero-order valence-corrected chi connectivity index (χ0v) is 13.8. The van der Waals surface area contributed by atoms with E-state index in [4.69, 9.17) is 9.47 Å². The number of hydrogen-bond acceptors (Lipinski definition) is 4. The highest BCUT2D eigenvalue weighted by Gasteiger charge is 2.21. The van der Waals surface area contributed by atoms with Crippen LogP contribution in [0.4, 0.5) is 0 Å². The molecule has 1 heterocycles. The number of nitrogens with one attached hydrogen (secondary N) is 1. The number of rotatable bonds is 6. The van der Waals surface area contributed by atoms with Crippen LogP contribution in [-0.4, -0.2) is 30.3 Å². The smallest absolute Gasteiger partial charge is 0.308 e. The maximum absolute atomic E-state index is 12.3. The van der Waals surface area contributed by atoms with E-state index in [1.807, 2.05) is 31.2 Å². The average molecular weight is 341 g/mol. The molecule has 1 aliphatic heterocycles. The number of carboxylic acids is 1. The Morgan fingerprint density at radius 3 is 2.72 bits per heavy atom. The highest BCUT2D eigenvalue weighted by atomic mass is 16.7. The van der Waals surface area contributed by atoms with E-state index in [0.29, 0.717) is 23.5 Å². The molecule has 0 aliphatic carbocycles. The highest BCUT2D eigenvalue weighted by molar-refractivity contribution is 5.95. The number of carboxylic acid groups (broad SMARTS) is 1. The number of benzene rings is 2. The normalized spacial score (nSPS) is 13.3. The van der Waals surface area contributed by atoms with E-state index in [0.717, 1.165) is 11.1 Å². The zero-order valence-electron chi connectivity index (χ0n) is 13.8. The van der Waals surface area contributed by atoms with Crippen molar-refractivity contribution >= 4 is 11.9 Å². The minimum atomic E-state index is -0.938.